The van der Waals surface area contributed by atoms with Crippen molar-refractivity contribution in [3.63, 3.8) is 0 Å². The van der Waals surface area contributed by atoms with E-state index in [9.17, 15) is 23.9 Å². The van der Waals surface area contributed by atoms with Crippen molar-refractivity contribution >= 4 is 29.2 Å². The summed E-state index contributed by atoms with van der Waals surface area (Å²) in [6.07, 6.45) is -0.407. The number of amides is 1. The van der Waals surface area contributed by atoms with Gasteiger partial charge in [-0.25, -0.2) is 9.07 Å². The van der Waals surface area contributed by atoms with Gasteiger partial charge in [0, 0.05) is 30.9 Å². The second kappa shape index (κ2) is 9.05. The van der Waals surface area contributed by atoms with Crippen LogP contribution in [0.4, 0.5) is 10.1 Å². The Kier molecular flexibility index (Phi) is 6.45. The molecule has 2 aromatic carbocycles. The molecule has 1 amide bonds. The van der Waals surface area contributed by atoms with Crippen molar-refractivity contribution in [2.45, 2.75) is 12.5 Å². The summed E-state index contributed by atoms with van der Waals surface area (Å²) in [4.78, 5) is 38.2. The van der Waals surface area contributed by atoms with Gasteiger partial charge in [0.25, 0.3) is 11.5 Å². The maximum atomic E-state index is 13.1. The van der Waals surface area contributed by atoms with Crippen LogP contribution in [-0.2, 0) is 4.79 Å². The van der Waals surface area contributed by atoms with Crippen molar-refractivity contribution in [1.82, 2.24) is 15.1 Å². The van der Waals surface area contributed by atoms with Crippen LogP contribution in [0.2, 0.25) is 5.02 Å². The van der Waals surface area contributed by atoms with E-state index in [-0.39, 0.29) is 5.69 Å². The van der Waals surface area contributed by atoms with Crippen LogP contribution in [0.5, 0.6) is 0 Å². The van der Waals surface area contributed by atoms with Gasteiger partial charge in [0.15, 0.2) is 0 Å². The molecule has 3 aromatic rings. The Hall–Kier alpha value is -3.59. The highest BCUT2D eigenvalue weighted by molar-refractivity contribution is 6.31. The average molecular weight is 447 g/mol. The molecule has 0 spiro atoms. The number of carbonyl (C=O) groups is 2. The Labute approximate surface area is 181 Å². The standard InChI is InChI=1S/C21H20ClFN4O4/c1-26(2)14-7-8-15(16(22)9-14)17(11-20(29)30)24-21(31)18-10-19(28)27(25-18)13-5-3-12(23)4-6-13/h3-10,17,25H,11H2,1-2H3,(H,24,31)(H,29,30). The number of carboxylic acids is 1. The number of benzene rings is 2. The van der Waals surface area contributed by atoms with Crippen molar-refractivity contribution in [2.75, 3.05) is 19.0 Å². The highest BCUT2D eigenvalue weighted by atomic mass is 35.5. The maximum Gasteiger partial charge on any atom is 0.305 e. The number of nitrogens with one attached hydrogen (secondary N) is 2. The molecule has 162 valence electrons. The fourth-order valence-electron chi connectivity index (χ4n) is 3.02. The zero-order valence-corrected chi connectivity index (χ0v) is 17.5. The number of nitrogens with zero attached hydrogens (tertiary/aromatic N) is 2. The first-order valence-corrected chi connectivity index (χ1v) is 9.61. The van der Waals surface area contributed by atoms with Crippen molar-refractivity contribution in [2.24, 2.45) is 0 Å². The Balaban J connectivity index is 1.88. The number of carbonyl (C=O) groups excluding carboxylic acids is 1. The van der Waals surface area contributed by atoms with Gasteiger partial charge in [0.05, 0.1) is 18.2 Å². The summed E-state index contributed by atoms with van der Waals surface area (Å²) in [5, 5.41) is 14.8. The third-order valence-corrected chi connectivity index (χ3v) is 4.94. The van der Waals surface area contributed by atoms with Crippen LogP contribution in [0.25, 0.3) is 5.69 Å². The minimum Gasteiger partial charge on any atom is -0.481 e. The molecule has 0 aliphatic rings. The number of anilines is 1. The zero-order chi connectivity index (χ0) is 22.7. The van der Waals surface area contributed by atoms with Crippen molar-refractivity contribution < 1.29 is 19.1 Å². The largest absolute Gasteiger partial charge is 0.481 e. The molecular formula is C21H20ClFN4O4. The number of hydrogen-bond donors (Lipinski definition) is 3. The molecule has 0 radical (unpaired) electrons. The smallest absolute Gasteiger partial charge is 0.305 e. The Morgan fingerprint density at radius 2 is 1.87 bits per heavy atom. The SMILES string of the molecule is CN(C)c1ccc(C(CC(=O)O)NC(=O)c2cc(=O)n(-c3ccc(F)cc3)[nH]2)c(Cl)c1. The van der Waals surface area contributed by atoms with E-state index in [2.05, 4.69) is 10.4 Å². The number of carboxylic acid groups (broad SMARTS) is 1. The molecule has 3 N–H and O–H groups in total. The summed E-state index contributed by atoms with van der Waals surface area (Å²) >= 11 is 6.34. The van der Waals surface area contributed by atoms with Crippen LogP contribution < -0.4 is 15.8 Å². The molecule has 0 bridgehead atoms. The van der Waals surface area contributed by atoms with Crippen LogP contribution >= 0.6 is 11.6 Å². The Bertz CT molecular complexity index is 1170. The number of aromatic nitrogens is 2. The van der Waals surface area contributed by atoms with Gasteiger partial charge in [0.2, 0.25) is 0 Å². The summed E-state index contributed by atoms with van der Waals surface area (Å²) in [5.41, 5.74) is 0.985. The Morgan fingerprint density at radius 1 is 1.19 bits per heavy atom. The van der Waals surface area contributed by atoms with E-state index in [1.165, 1.54) is 24.3 Å². The predicted molar refractivity (Wildman–Crippen MR) is 115 cm³/mol. The number of aliphatic carboxylic acids is 1. The average Bonchev–Trinajstić information content (AvgIpc) is 3.09. The molecule has 0 fully saturated rings. The second-order valence-corrected chi connectivity index (χ2v) is 7.45. The summed E-state index contributed by atoms with van der Waals surface area (Å²) in [6.45, 7) is 0. The monoisotopic (exact) mass is 446 g/mol. The highest BCUT2D eigenvalue weighted by Crippen LogP contribution is 2.29. The lowest BCUT2D eigenvalue weighted by Crippen LogP contribution is -2.31. The number of halogens is 2. The molecule has 1 unspecified atom stereocenters. The molecule has 10 heteroatoms. The molecule has 1 heterocycles. The van der Waals surface area contributed by atoms with E-state index in [1.54, 1.807) is 18.2 Å². The van der Waals surface area contributed by atoms with Crippen molar-refractivity contribution in [3.8, 4) is 5.69 Å². The fourth-order valence-corrected chi connectivity index (χ4v) is 3.33. The lowest BCUT2D eigenvalue weighted by molar-refractivity contribution is -0.137. The van der Waals surface area contributed by atoms with Gasteiger partial charge >= 0.3 is 5.97 Å². The third kappa shape index (κ3) is 5.13. The second-order valence-electron chi connectivity index (χ2n) is 7.04. The first-order valence-electron chi connectivity index (χ1n) is 9.23. The Morgan fingerprint density at radius 3 is 2.45 bits per heavy atom. The van der Waals surface area contributed by atoms with E-state index >= 15 is 0 Å². The molecule has 0 aliphatic carbocycles. The molecule has 3 rings (SSSR count). The van der Waals surface area contributed by atoms with E-state index in [0.717, 1.165) is 16.4 Å². The fraction of sp³-hybridized carbons (Fsp3) is 0.190. The van der Waals surface area contributed by atoms with Gasteiger partial charge in [0.1, 0.15) is 11.5 Å². The van der Waals surface area contributed by atoms with Gasteiger partial charge < -0.3 is 15.3 Å². The minimum atomic E-state index is -1.13. The molecule has 0 saturated heterocycles. The lowest BCUT2D eigenvalue weighted by Gasteiger charge is -2.20. The van der Waals surface area contributed by atoms with Crippen molar-refractivity contribution in [1.29, 1.82) is 0 Å². The number of H-pyrrole nitrogens is 1. The molecule has 0 saturated carbocycles. The summed E-state index contributed by atoms with van der Waals surface area (Å²) in [6, 6.07) is 10.4. The molecule has 31 heavy (non-hydrogen) atoms. The van der Waals surface area contributed by atoms with Crippen LogP contribution in [0.15, 0.2) is 53.3 Å². The number of aromatic amines is 1. The van der Waals surface area contributed by atoms with Crippen LogP contribution in [0.3, 0.4) is 0 Å². The van der Waals surface area contributed by atoms with Gasteiger partial charge in [-0.1, -0.05) is 17.7 Å². The first-order chi connectivity index (χ1) is 14.7. The molecule has 1 atom stereocenters. The molecule has 8 nitrogen and oxygen atoms in total. The van der Waals surface area contributed by atoms with E-state index < -0.39 is 35.7 Å². The summed E-state index contributed by atoms with van der Waals surface area (Å²) in [7, 11) is 3.67. The summed E-state index contributed by atoms with van der Waals surface area (Å²) < 4.78 is 14.2. The third-order valence-electron chi connectivity index (χ3n) is 4.61. The van der Waals surface area contributed by atoms with Gasteiger partial charge in [-0.3, -0.25) is 19.5 Å². The lowest BCUT2D eigenvalue weighted by atomic mass is 10.0. The van der Waals surface area contributed by atoms with Crippen LogP contribution in [0.1, 0.15) is 28.5 Å². The normalized spacial score (nSPS) is 11.7. The number of hydrogen-bond acceptors (Lipinski definition) is 4. The van der Waals surface area contributed by atoms with E-state index in [0.29, 0.717) is 16.3 Å². The van der Waals surface area contributed by atoms with Gasteiger partial charge in [-0.15, -0.1) is 0 Å². The van der Waals surface area contributed by atoms with Crippen LogP contribution in [-0.4, -0.2) is 40.9 Å². The van der Waals surface area contributed by atoms with Gasteiger partial charge in [-0.2, -0.15) is 0 Å². The van der Waals surface area contributed by atoms with E-state index in [1.807, 2.05) is 19.0 Å². The van der Waals surface area contributed by atoms with E-state index in [4.69, 9.17) is 11.6 Å². The van der Waals surface area contributed by atoms with Crippen LogP contribution in [0, 0.1) is 5.82 Å². The zero-order valence-electron chi connectivity index (χ0n) is 16.7. The van der Waals surface area contributed by atoms with Crippen molar-refractivity contribution in [3.05, 3.63) is 81.0 Å². The maximum absolute atomic E-state index is 13.1. The molecular weight excluding hydrogens is 427 g/mol. The van der Waals surface area contributed by atoms with Gasteiger partial charge in [-0.05, 0) is 42.0 Å². The quantitative estimate of drug-likeness (QED) is 0.517. The highest BCUT2D eigenvalue weighted by Gasteiger charge is 2.23. The molecule has 0 aliphatic heterocycles. The molecule has 1 aromatic heterocycles. The summed E-state index contributed by atoms with van der Waals surface area (Å²) in [5.74, 6) is -2.28. The number of rotatable bonds is 7. The minimum absolute atomic E-state index is 0.0780. The predicted octanol–water partition coefficient (Wildman–Crippen LogP) is 2.97. The first kappa shape index (κ1) is 22.1. The topological polar surface area (TPSA) is 107 Å².